The van der Waals surface area contributed by atoms with Gasteiger partial charge in [0.05, 0.1) is 11.6 Å². The van der Waals surface area contributed by atoms with Crippen LogP contribution >= 0.6 is 11.3 Å². The first-order valence-corrected chi connectivity index (χ1v) is 11.4. The highest BCUT2D eigenvalue weighted by Crippen LogP contribution is 2.43. The van der Waals surface area contributed by atoms with Crippen molar-refractivity contribution in [3.05, 3.63) is 106 Å². The molecule has 0 aliphatic carbocycles. The fourth-order valence-electron chi connectivity index (χ4n) is 3.86. The summed E-state index contributed by atoms with van der Waals surface area (Å²) < 4.78 is 19.4. The van der Waals surface area contributed by atoms with Crippen LogP contribution < -0.4 is 9.64 Å². The van der Waals surface area contributed by atoms with Crippen molar-refractivity contribution in [2.45, 2.75) is 13.0 Å². The second kappa shape index (κ2) is 9.11. The lowest BCUT2D eigenvalue weighted by molar-refractivity contribution is -0.132. The molecule has 7 nitrogen and oxygen atoms in total. The molecular formula is C26H18FN3O4S. The molecule has 174 valence electrons. The highest BCUT2D eigenvalue weighted by Gasteiger charge is 2.48. The van der Waals surface area contributed by atoms with E-state index in [0.29, 0.717) is 22.1 Å². The number of carbonyl (C=O) groups is 2. The Morgan fingerprint density at radius 2 is 1.69 bits per heavy atom. The average molecular weight is 488 g/mol. The Morgan fingerprint density at radius 3 is 2.37 bits per heavy atom. The molecule has 1 aliphatic rings. The van der Waals surface area contributed by atoms with Gasteiger partial charge in [-0.05, 0) is 61.0 Å². The van der Waals surface area contributed by atoms with Gasteiger partial charge < -0.3 is 9.84 Å². The summed E-state index contributed by atoms with van der Waals surface area (Å²) >= 11 is 1.15. The minimum Gasteiger partial charge on any atom is -0.507 e. The van der Waals surface area contributed by atoms with Crippen LogP contribution in [0.1, 0.15) is 22.2 Å². The van der Waals surface area contributed by atoms with Crippen LogP contribution in [0.3, 0.4) is 0 Å². The number of aryl methyl sites for hydroxylation is 1. The SMILES string of the molecule is Cc1nnc(N2C(=O)C(=O)C(=C(O)c3ccc(F)cc3)C2c2cccc(Oc3ccccc3)c2)s1. The monoisotopic (exact) mass is 487 g/mol. The third-order valence-electron chi connectivity index (χ3n) is 5.44. The van der Waals surface area contributed by atoms with Gasteiger partial charge in [0.2, 0.25) is 5.13 Å². The van der Waals surface area contributed by atoms with E-state index in [1.54, 1.807) is 43.3 Å². The summed E-state index contributed by atoms with van der Waals surface area (Å²) in [5.74, 6) is -1.53. The maximum Gasteiger partial charge on any atom is 0.301 e. The number of rotatable bonds is 5. The summed E-state index contributed by atoms with van der Waals surface area (Å²) in [4.78, 5) is 27.6. The summed E-state index contributed by atoms with van der Waals surface area (Å²) in [6, 6.07) is 20.1. The third kappa shape index (κ3) is 4.29. The lowest BCUT2D eigenvalue weighted by Gasteiger charge is -2.23. The zero-order chi connectivity index (χ0) is 24.5. The number of carbonyl (C=O) groups excluding carboxylic acids is 2. The van der Waals surface area contributed by atoms with E-state index in [1.165, 1.54) is 29.2 Å². The number of benzene rings is 3. The van der Waals surface area contributed by atoms with E-state index >= 15 is 0 Å². The van der Waals surface area contributed by atoms with Crippen LogP contribution in [0, 0.1) is 12.7 Å². The van der Waals surface area contributed by atoms with Gasteiger partial charge in [-0.3, -0.25) is 14.5 Å². The van der Waals surface area contributed by atoms with Crippen molar-refractivity contribution in [3.63, 3.8) is 0 Å². The van der Waals surface area contributed by atoms with Crippen LogP contribution in [-0.2, 0) is 9.59 Å². The lowest BCUT2D eigenvalue weighted by atomic mass is 9.95. The summed E-state index contributed by atoms with van der Waals surface area (Å²) in [5.41, 5.74) is 0.597. The van der Waals surface area contributed by atoms with Gasteiger partial charge in [-0.2, -0.15) is 0 Å². The number of hydrogen-bond donors (Lipinski definition) is 1. The van der Waals surface area contributed by atoms with Crippen LogP contribution in [-0.4, -0.2) is 27.0 Å². The number of para-hydroxylation sites is 1. The van der Waals surface area contributed by atoms with Gasteiger partial charge in [0.1, 0.15) is 28.1 Å². The van der Waals surface area contributed by atoms with E-state index < -0.39 is 29.3 Å². The Labute approximate surface area is 203 Å². The van der Waals surface area contributed by atoms with Crippen molar-refractivity contribution in [2.75, 3.05) is 4.90 Å². The number of ketones is 1. The Bertz CT molecular complexity index is 1450. The molecule has 9 heteroatoms. The van der Waals surface area contributed by atoms with Crippen molar-refractivity contribution in [2.24, 2.45) is 0 Å². The van der Waals surface area contributed by atoms with Gasteiger partial charge in [0, 0.05) is 5.56 Å². The molecule has 0 bridgehead atoms. The van der Waals surface area contributed by atoms with Gasteiger partial charge in [-0.25, -0.2) is 4.39 Å². The Hall–Kier alpha value is -4.37. The molecule has 1 atom stereocenters. The van der Waals surface area contributed by atoms with E-state index in [1.807, 2.05) is 18.2 Å². The van der Waals surface area contributed by atoms with Crippen molar-refractivity contribution in [1.82, 2.24) is 10.2 Å². The van der Waals surface area contributed by atoms with E-state index in [4.69, 9.17) is 4.74 Å². The molecule has 1 amide bonds. The number of aliphatic hydroxyl groups is 1. The summed E-state index contributed by atoms with van der Waals surface area (Å²) in [6.45, 7) is 1.74. The number of aliphatic hydroxyl groups excluding tert-OH is 1. The van der Waals surface area contributed by atoms with Gasteiger partial charge >= 0.3 is 5.91 Å². The number of aromatic nitrogens is 2. The van der Waals surface area contributed by atoms with E-state index in [-0.39, 0.29) is 16.3 Å². The molecule has 35 heavy (non-hydrogen) atoms. The highest BCUT2D eigenvalue weighted by molar-refractivity contribution is 7.15. The van der Waals surface area contributed by atoms with E-state index in [2.05, 4.69) is 10.2 Å². The van der Waals surface area contributed by atoms with Crippen LogP contribution in [0.2, 0.25) is 0 Å². The van der Waals surface area contributed by atoms with Gasteiger partial charge in [-0.15, -0.1) is 10.2 Å². The number of amides is 1. The summed E-state index contributed by atoms with van der Waals surface area (Å²) in [7, 11) is 0. The minimum atomic E-state index is -0.994. The number of nitrogens with zero attached hydrogens (tertiary/aromatic N) is 3. The van der Waals surface area contributed by atoms with Crippen molar-refractivity contribution in [3.8, 4) is 11.5 Å². The zero-order valence-corrected chi connectivity index (χ0v) is 19.2. The van der Waals surface area contributed by atoms with E-state index in [9.17, 15) is 19.1 Å². The minimum absolute atomic E-state index is 0.133. The lowest BCUT2D eigenvalue weighted by Crippen LogP contribution is -2.29. The predicted octanol–water partition coefficient (Wildman–Crippen LogP) is 5.40. The second-order valence-electron chi connectivity index (χ2n) is 7.77. The largest absolute Gasteiger partial charge is 0.507 e. The van der Waals surface area contributed by atoms with Gasteiger partial charge in [0.15, 0.2) is 0 Å². The highest BCUT2D eigenvalue weighted by atomic mass is 32.1. The molecule has 1 N–H and O–H groups in total. The van der Waals surface area contributed by atoms with E-state index in [0.717, 1.165) is 11.3 Å². The molecule has 1 fully saturated rings. The quantitative estimate of drug-likeness (QED) is 0.230. The topological polar surface area (TPSA) is 92.6 Å². The second-order valence-corrected chi connectivity index (χ2v) is 8.93. The smallest absolute Gasteiger partial charge is 0.301 e. The number of anilines is 1. The van der Waals surface area contributed by atoms with Gasteiger partial charge in [-0.1, -0.05) is 41.7 Å². The van der Waals surface area contributed by atoms with Crippen LogP contribution in [0.5, 0.6) is 11.5 Å². The zero-order valence-electron chi connectivity index (χ0n) is 18.4. The standard InChI is InChI=1S/C26H18FN3O4S/c1-15-28-29-26(35-15)30-22(17-6-5-9-20(14-17)34-19-7-3-2-4-8-19)21(24(32)25(30)33)23(31)16-10-12-18(27)13-11-16/h2-14,22,31H,1H3. The molecule has 1 aromatic heterocycles. The summed E-state index contributed by atoms with van der Waals surface area (Å²) in [6.07, 6.45) is 0. The maximum absolute atomic E-state index is 13.5. The molecular weight excluding hydrogens is 469 g/mol. The van der Waals surface area contributed by atoms with Crippen LogP contribution in [0.15, 0.2) is 84.4 Å². The average Bonchev–Trinajstić information content (AvgIpc) is 3.40. The Kier molecular flexibility index (Phi) is 5.84. The molecule has 0 radical (unpaired) electrons. The predicted molar refractivity (Wildman–Crippen MR) is 129 cm³/mol. The molecule has 5 rings (SSSR count). The first-order valence-electron chi connectivity index (χ1n) is 10.6. The molecule has 3 aromatic carbocycles. The van der Waals surface area contributed by atoms with Crippen molar-refractivity contribution >= 4 is 33.9 Å². The molecule has 0 saturated carbocycles. The van der Waals surface area contributed by atoms with Crippen LogP contribution in [0.4, 0.5) is 9.52 Å². The molecule has 2 heterocycles. The molecule has 1 unspecified atom stereocenters. The van der Waals surface area contributed by atoms with Crippen molar-refractivity contribution in [1.29, 1.82) is 0 Å². The number of hydrogen-bond acceptors (Lipinski definition) is 7. The molecule has 1 aliphatic heterocycles. The fourth-order valence-corrected chi connectivity index (χ4v) is 4.58. The van der Waals surface area contributed by atoms with Gasteiger partial charge in [0.25, 0.3) is 5.78 Å². The molecule has 4 aromatic rings. The fraction of sp³-hybridized carbons (Fsp3) is 0.0769. The van der Waals surface area contributed by atoms with Crippen molar-refractivity contribution < 1.29 is 23.8 Å². The first-order chi connectivity index (χ1) is 16.9. The number of ether oxygens (including phenoxy) is 1. The first kappa shape index (κ1) is 22.4. The summed E-state index contributed by atoms with van der Waals surface area (Å²) in [5, 5.41) is 20.0. The normalized spacial score (nSPS) is 17.1. The van der Waals surface area contributed by atoms with Crippen LogP contribution in [0.25, 0.3) is 5.76 Å². The molecule has 1 saturated heterocycles. The number of halogens is 1. The molecule has 0 spiro atoms. The third-order valence-corrected chi connectivity index (χ3v) is 6.27. The Balaban J connectivity index is 1.65. The number of Topliss-reactive ketones (excluding diaryl/α,β-unsaturated/α-hetero) is 1. The Morgan fingerprint density at radius 1 is 0.971 bits per heavy atom. The maximum atomic E-state index is 13.5.